The van der Waals surface area contributed by atoms with Gasteiger partial charge in [0.05, 0.1) is 17.2 Å². The molecule has 0 aliphatic heterocycles. The van der Waals surface area contributed by atoms with Gasteiger partial charge in [-0.05, 0) is 87.7 Å². The molecule has 0 radical (unpaired) electrons. The standard InChI is InChI=1S/C32H38FN3O5S/c1-4-41-29-16-14-28(15-17-29)36(42(39,40)30-18-12-26(33)13-19-30)22-31(37)35(21-25-9-7-8-23(2)20-25)24(3)32(38)34-27-10-5-6-11-27/h7-9,12-20,24,27H,4-6,10-11,21-22H2,1-3H3,(H,34,38)/t24-/m1/s1. The number of anilines is 1. The molecule has 1 aliphatic carbocycles. The van der Waals surface area contributed by atoms with Crippen molar-refractivity contribution in [3.8, 4) is 5.75 Å². The highest BCUT2D eigenvalue weighted by molar-refractivity contribution is 7.92. The maximum atomic E-state index is 14.1. The lowest BCUT2D eigenvalue weighted by Gasteiger charge is -2.32. The fourth-order valence-electron chi connectivity index (χ4n) is 5.12. The quantitative estimate of drug-likeness (QED) is 0.310. The Kier molecular flexibility index (Phi) is 10.2. The maximum Gasteiger partial charge on any atom is 0.264 e. The van der Waals surface area contributed by atoms with Crippen LogP contribution in [0.15, 0.2) is 77.7 Å². The summed E-state index contributed by atoms with van der Waals surface area (Å²) in [5.41, 5.74) is 2.05. The van der Waals surface area contributed by atoms with Gasteiger partial charge in [0.15, 0.2) is 0 Å². The molecule has 8 nitrogen and oxygen atoms in total. The van der Waals surface area contributed by atoms with E-state index in [1.807, 2.05) is 38.1 Å². The summed E-state index contributed by atoms with van der Waals surface area (Å²) in [5.74, 6) is -0.865. The smallest absolute Gasteiger partial charge is 0.264 e. The van der Waals surface area contributed by atoms with E-state index in [1.165, 1.54) is 17.0 Å². The van der Waals surface area contributed by atoms with Gasteiger partial charge in [-0.1, -0.05) is 42.7 Å². The molecule has 0 spiro atoms. The number of rotatable bonds is 12. The monoisotopic (exact) mass is 595 g/mol. The van der Waals surface area contributed by atoms with E-state index in [9.17, 15) is 22.4 Å². The van der Waals surface area contributed by atoms with E-state index in [-0.39, 0.29) is 29.1 Å². The number of ether oxygens (including phenoxy) is 1. The first kappa shape index (κ1) is 31.0. The van der Waals surface area contributed by atoms with Crippen LogP contribution >= 0.6 is 0 Å². The third kappa shape index (κ3) is 7.67. The summed E-state index contributed by atoms with van der Waals surface area (Å²) in [7, 11) is -4.29. The first-order chi connectivity index (χ1) is 20.1. The summed E-state index contributed by atoms with van der Waals surface area (Å²) in [6.07, 6.45) is 3.88. The van der Waals surface area contributed by atoms with Crippen LogP contribution < -0.4 is 14.4 Å². The largest absolute Gasteiger partial charge is 0.494 e. The number of hydrogen-bond donors (Lipinski definition) is 1. The minimum Gasteiger partial charge on any atom is -0.494 e. The number of halogens is 1. The molecule has 224 valence electrons. The Morgan fingerprint density at radius 2 is 1.69 bits per heavy atom. The lowest BCUT2D eigenvalue weighted by molar-refractivity contribution is -0.139. The molecular weight excluding hydrogens is 557 g/mol. The summed E-state index contributed by atoms with van der Waals surface area (Å²) in [6, 6.07) is 17.6. The van der Waals surface area contributed by atoms with Crippen LogP contribution in [0.2, 0.25) is 0 Å². The van der Waals surface area contributed by atoms with Crippen molar-refractivity contribution in [2.45, 2.75) is 70.0 Å². The second-order valence-corrected chi connectivity index (χ2v) is 12.4. The minimum absolute atomic E-state index is 0.0649. The van der Waals surface area contributed by atoms with Crippen molar-refractivity contribution in [2.75, 3.05) is 17.5 Å². The van der Waals surface area contributed by atoms with Crippen LogP contribution in [0.3, 0.4) is 0 Å². The summed E-state index contributed by atoms with van der Waals surface area (Å²) < 4.78 is 47.9. The van der Waals surface area contributed by atoms with Gasteiger partial charge in [0, 0.05) is 12.6 Å². The Bertz CT molecular complexity index is 1470. The number of aryl methyl sites for hydroxylation is 1. The average Bonchev–Trinajstić information content (AvgIpc) is 3.48. The van der Waals surface area contributed by atoms with Crippen LogP contribution in [0, 0.1) is 12.7 Å². The van der Waals surface area contributed by atoms with Crippen molar-refractivity contribution in [3.63, 3.8) is 0 Å². The summed E-state index contributed by atoms with van der Waals surface area (Å²) >= 11 is 0. The van der Waals surface area contributed by atoms with E-state index < -0.39 is 34.3 Å². The van der Waals surface area contributed by atoms with Crippen LogP contribution in [-0.4, -0.2) is 50.4 Å². The van der Waals surface area contributed by atoms with Gasteiger partial charge >= 0.3 is 0 Å². The number of carbonyl (C=O) groups is 2. The highest BCUT2D eigenvalue weighted by atomic mass is 32.2. The predicted octanol–water partition coefficient (Wildman–Crippen LogP) is 5.20. The number of sulfonamides is 1. The van der Waals surface area contributed by atoms with Gasteiger partial charge in [-0.15, -0.1) is 0 Å². The second kappa shape index (κ2) is 13.8. The van der Waals surface area contributed by atoms with Crippen molar-refractivity contribution in [1.29, 1.82) is 0 Å². The van der Waals surface area contributed by atoms with Crippen LogP contribution in [-0.2, 0) is 26.2 Å². The molecule has 0 heterocycles. The zero-order valence-corrected chi connectivity index (χ0v) is 25.1. The molecule has 1 aliphatic rings. The van der Waals surface area contributed by atoms with Gasteiger partial charge in [0.25, 0.3) is 10.0 Å². The lowest BCUT2D eigenvalue weighted by atomic mass is 10.1. The summed E-state index contributed by atoms with van der Waals surface area (Å²) in [6.45, 7) is 5.42. The molecule has 0 saturated heterocycles. The minimum atomic E-state index is -4.29. The number of hydrogen-bond acceptors (Lipinski definition) is 5. The van der Waals surface area contributed by atoms with Crippen molar-refractivity contribution in [2.24, 2.45) is 0 Å². The van der Waals surface area contributed by atoms with E-state index in [2.05, 4.69) is 5.32 Å². The molecule has 3 aromatic rings. The van der Waals surface area contributed by atoms with Crippen LogP contribution in [0.4, 0.5) is 10.1 Å². The van der Waals surface area contributed by atoms with E-state index in [4.69, 9.17) is 4.74 Å². The zero-order valence-electron chi connectivity index (χ0n) is 24.3. The van der Waals surface area contributed by atoms with Gasteiger partial charge in [0.2, 0.25) is 11.8 Å². The predicted molar refractivity (Wildman–Crippen MR) is 160 cm³/mol. The molecule has 0 unspecified atom stereocenters. The lowest BCUT2D eigenvalue weighted by Crippen LogP contribution is -2.52. The van der Waals surface area contributed by atoms with Gasteiger partial charge in [0.1, 0.15) is 24.2 Å². The molecule has 42 heavy (non-hydrogen) atoms. The molecule has 1 fully saturated rings. The third-order valence-corrected chi connectivity index (χ3v) is 9.21. The number of benzene rings is 3. The van der Waals surface area contributed by atoms with Crippen molar-refractivity contribution in [3.05, 3.63) is 89.7 Å². The van der Waals surface area contributed by atoms with Gasteiger partial charge in [-0.3, -0.25) is 13.9 Å². The SMILES string of the molecule is CCOc1ccc(N(CC(=O)N(Cc2cccc(C)c2)[C@H](C)C(=O)NC2CCCC2)S(=O)(=O)c2ccc(F)cc2)cc1. The molecule has 0 bridgehead atoms. The Morgan fingerprint density at radius 1 is 1.02 bits per heavy atom. The molecule has 0 aromatic heterocycles. The number of nitrogens with zero attached hydrogens (tertiary/aromatic N) is 2. The van der Waals surface area contributed by atoms with E-state index in [1.54, 1.807) is 31.2 Å². The van der Waals surface area contributed by atoms with E-state index in [0.717, 1.165) is 53.2 Å². The first-order valence-electron chi connectivity index (χ1n) is 14.2. The highest BCUT2D eigenvalue weighted by Gasteiger charge is 2.33. The molecule has 1 saturated carbocycles. The Hall–Kier alpha value is -3.92. The van der Waals surface area contributed by atoms with Gasteiger partial charge < -0.3 is 15.0 Å². The Labute approximate surface area is 247 Å². The maximum absolute atomic E-state index is 14.1. The van der Waals surface area contributed by atoms with Crippen LogP contribution in [0.25, 0.3) is 0 Å². The molecule has 2 amide bonds. The summed E-state index contributed by atoms with van der Waals surface area (Å²) in [4.78, 5) is 28.6. The fraction of sp³-hybridized carbons (Fsp3) is 0.375. The molecule has 10 heteroatoms. The Morgan fingerprint density at radius 3 is 2.31 bits per heavy atom. The molecular formula is C32H38FN3O5S. The van der Waals surface area contributed by atoms with Crippen LogP contribution in [0.1, 0.15) is 50.7 Å². The van der Waals surface area contributed by atoms with E-state index in [0.29, 0.717) is 12.4 Å². The Balaban J connectivity index is 1.69. The second-order valence-electron chi connectivity index (χ2n) is 10.6. The normalized spacial score (nSPS) is 14.3. The van der Waals surface area contributed by atoms with Crippen molar-refractivity contribution >= 4 is 27.5 Å². The topological polar surface area (TPSA) is 96.0 Å². The van der Waals surface area contributed by atoms with Gasteiger partial charge in [-0.2, -0.15) is 0 Å². The van der Waals surface area contributed by atoms with Gasteiger partial charge in [-0.25, -0.2) is 12.8 Å². The summed E-state index contributed by atoms with van der Waals surface area (Å²) in [5, 5.41) is 3.06. The third-order valence-electron chi connectivity index (χ3n) is 7.42. The molecule has 4 rings (SSSR count). The molecule has 3 aromatic carbocycles. The zero-order chi connectivity index (χ0) is 30.3. The average molecular weight is 596 g/mol. The number of nitrogens with one attached hydrogen (secondary N) is 1. The van der Waals surface area contributed by atoms with Crippen molar-refractivity contribution in [1.82, 2.24) is 10.2 Å². The van der Waals surface area contributed by atoms with Crippen LogP contribution in [0.5, 0.6) is 5.75 Å². The number of carbonyl (C=O) groups excluding carboxylic acids is 2. The molecule has 1 atom stereocenters. The molecule has 1 N–H and O–H groups in total. The highest BCUT2D eigenvalue weighted by Crippen LogP contribution is 2.27. The van der Waals surface area contributed by atoms with Crippen molar-refractivity contribution < 1.29 is 27.1 Å². The number of amides is 2. The first-order valence-corrected chi connectivity index (χ1v) is 15.7. The van der Waals surface area contributed by atoms with E-state index >= 15 is 0 Å². The fourth-order valence-corrected chi connectivity index (χ4v) is 6.53.